The van der Waals surface area contributed by atoms with E-state index in [1.165, 1.54) is 42.8 Å². The van der Waals surface area contributed by atoms with Gasteiger partial charge in [-0.2, -0.15) is 0 Å². The minimum absolute atomic E-state index is 0.889. The van der Waals surface area contributed by atoms with Gasteiger partial charge < -0.3 is 4.90 Å². The van der Waals surface area contributed by atoms with E-state index >= 15 is 0 Å². The summed E-state index contributed by atoms with van der Waals surface area (Å²) in [4.78, 5) is 2.56. The summed E-state index contributed by atoms with van der Waals surface area (Å²) in [6, 6.07) is 10.8. The molecule has 1 aromatic rings. The largest absolute Gasteiger partial charge is 0.371 e. The number of likely N-dealkylation sites (tertiary alicyclic amines) is 1. The third-order valence-corrected chi connectivity index (χ3v) is 3.62. The molecule has 0 radical (unpaired) electrons. The van der Waals surface area contributed by atoms with Crippen LogP contribution in [0.25, 0.3) is 5.70 Å². The van der Waals surface area contributed by atoms with Gasteiger partial charge in [0.15, 0.2) is 0 Å². The van der Waals surface area contributed by atoms with E-state index in [4.69, 9.17) is 0 Å². The van der Waals surface area contributed by atoms with Gasteiger partial charge in [-0.25, -0.2) is 0 Å². The first kappa shape index (κ1) is 12.2. The fourth-order valence-electron chi connectivity index (χ4n) is 2.62. The monoisotopic (exact) mass is 229 g/mol. The molecule has 1 aliphatic rings. The third-order valence-electron chi connectivity index (χ3n) is 3.62. The van der Waals surface area contributed by atoms with Crippen molar-refractivity contribution in [2.24, 2.45) is 5.92 Å². The maximum atomic E-state index is 2.56. The van der Waals surface area contributed by atoms with Gasteiger partial charge in [-0.05, 0) is 38.2 Å². The van der Waals surface area contributed by atoms with Crippen LogP contribution in [0.5, 0.6) is 0 Å². The maximum Gasteiger partial charge on any atom is 0.0426 e. The Balaban J connectivity index is 2.23. The predicted molar refractivity (Wildman–Crippen MR) is 74.7 cm³/mol. The van der Waals surface area contributed by atoms with E-state index in [0.29, 0.717) is 0 Å². The summed E-state index contributed by atoms with van der Waals surface area (Å²) in [7, 11) is 0. The van der Waals surface area contributed by atoms with Crippen molar-refractivity contribution in [3.05, 3.63) is 41.5 Å². The zero-order valence-corrected chi connectivity index (χ0v) is 11.2. The molecular weight excluding hydrogens is 206 g/mol. The summed E-state index contributed by atoms with van der Waals surface area (Å²) in [6.07, 6.45) is 2.65. The van der Waals surface area contributed by atoms with Crippen molar-refractivity contribution in [1.82, 2.24) is 4.90 Å². The quantitative estimate of drug-likeness (QED) is 0.735. The van der Waals surface area contributed by atoms with E-state index in [-0.39, 0.29) is 0 Å². The number of hydrogen-bond acceptors (Lipinski definition) is 1. The molecule has 1 heterocycles. The topological polar surface area (TPSA) is 3.24 Å². The molecule has 1 saturated heterocycles. The smallest absolute Gasteiger partial charge is 0.0426 e. The molecule has 0 amide bonds. The Kier molecular flexibility index (Phi) is 3.88. The van der Waals surface area contributed by atoms with Gasteiger partial charge in [0.2, 0.25) is 0 Å². The second-order valence-corrected chi connectivity index (χ2v) is 5.38. The molecule has 2 rings (SSSR count). The van der Waals surface area contributed by atoms with Crippen LogP contribution in [0.4, 0.5) is 0 Å². The second-order valence-electron chi connectivity index (χ2n) is 5.38. The molecule has 0 atom stereocenters. The molecule has 17 heavy (non-hydrogen) atoms. The second kappa shape index (κ2) is 5.39. The summed E-state index contributed by atoms with van der Waals surface area (Å²) in [5.74, 6) is 0.889. The average molecular weight is 229 g/mol. The molecule has 0 unspecified atom stereocenters. The lowest BCUT2D eigenvalue weighted by Gasteiger charge is -2.35. The highest BCUT2D eigenvalue weighted by Crippen LogP contribution is 2.28. The first-order valence-electron chi connectivity index (χ1n) is 6.66. The minimum Gasteiger partial charge on any atom is -0.371 e. The summed E-state index contributed by atoms with van der Waals surface area (Å²) in [5.41, 5.74) is 4.23. The lowest BCUT2D eigenvalue weighted by atomic mass is 9.96. The molecule has 1 aliphatic heterocycles. The molecule has 1 heteroatoms. The molecule has 0 N–H and O–H groups in total. The Morgan fingerprint density at radius 2 is 1.65 bits per heavy atom. The number of piperidine rings is 1. The fourth-order valence-corrected chi connectivity index (χ4v) is 2.62. The SMILES string of the molecule is CC(C)=C(c1ccccc1)N1CCC(C)CC1. The van der Waals surface area contributed by atoms with Crippen molar-refractivity contribution in [2.75, 3.05) is 13.1 Å². The van der Waals surface area contributed by atoms with E-state index in [9.17, 15) is 0 Å². The fraction of sp³-hybridized carbons (Fsp3) is 0.500. The van der Waals surface area contributed by atoms with Gasteiger partial charge in [0.1, 0.15) is 0 Å². The van der Waals surface area contributed by atoms with E-state index in [1.807, 2.05) is 0 Å². The van der Waals surface area contributed by atoms with E-state index in [2.05, 4.69) is 56.0 Å². The zero-order chi connectivity index (χ0) is 12.3. The van der Waals surface area contributed by atoms with E-state index in [0.717, 1.165) is 5.92 Å². The predicted octanol–water partition coefficient (Wildman–Crippen LogP) is 4.17. The standard InChI is InChI=1S/C16H23N/c1-13(2)16(15-7-5-4-6-8-15)17-11-9-14(3)10-12-17/h4-8,14H,9-12H2,1-3H3. The highest BCUT2D eigenvalue weighted by atomic mass is 15.1. The molecule has 0 bridgehead atoms. The van der Waals surface area contributed by atoms with Crippen LogP contribution in [0.15, 0.2) is 35.9 Å². The van der Waals surface area contributed by atoms with Crippen molar-refractivity contribution in [3.63, 3.8) is 0 Å². The van der Waals surface area contributed by atoms with Crippen LogP contribution in [0.3, 0.4) is 0 Å². The van der Waals surface area contributed by atoms with Crippen LogP contribution in [0.2, 0.25) is 0 Å². The van der Waals surface area contributed by atoms with Gasteiger partial charge >= 0.3 is 0 Å². The van der Waals surface area contributed by atoms with Crippen LogP contribution >= 0.6 is 0 Å². The third kappa shape index (κ3) is 2.91. The number of rotatable bonds is 2. The number of allylic oxidation sites excluding steroid dienone is 1. The molecule has 0 aliphatic carbocycles. The Labute approximate surface area is 105 Å². The Bertz CT molecular complexity index is 379. The van der Waals surface area contributed by atoms with Crippen LogP contribution in [0, 0.1) is 5.92 Å². The zero-order valence-electron chi connectivity index (χ0n) is 11.2. The molecular formula is C16H23N. The van der Waals surface area contributed by atoms with E-state index in [1.54, 1.807) is 0 Å². The Morgan fingerprint density at radius 1 is 1.06 bits per heavy atom. The van der Waals surface area contributed by atoms with Crippen LogP contribution in [0.1, 0.15) is 39.2 Å². The molecule has 1 fully saturated rings. The Morgan fingerprint density at radius 3 is 2.18 bits per heavy atom. The minimum atomic E-state index is 0.889. The number of nitrogens with zero attached hydrogens (tertiary/aromatic N) is 1. The molecule has 0 aromatic heterocycles. The van der Waals surface area contributed by atoms with Crippen LogP contribution in [-0.2, 0) is 0 Å². The molecule has 0 saturated carbocycles. The summed E-state index contributed by atoms with van der Waals surface area (Å²) < 4.78 is 0. The molecule has 1 nitrogen and oxygen atoms in total. The van der Waals surface area contributed by atoms with E-state index < -0.39 is 0 Å². The first-order valence-corrected chi connectivity index (χ1v) is 6.66. The lowest BCUT2D eigenvalue weighted by Crippen LogP contribution is -2.32. The maximum absolute atomic E-state index is 2.56. The van der Waals surface area contributed by atoms with Gasteiger partial charge in [-0.3, -0.25) is 0 Å². The summed E-state index contributed by atoms with van der Waals surface area (Å²) in [5, 5.41) is 0. The number of hydrogen-bond donors (Lipinski definition) is 0. The van der Waals surface area contributed by atoms with Crippen LogP contribution in [-0.4, -0.2) is 18.0 Å². The van der Waals surface area contributed by atoms with Crippen molar-refractivity contribution < 1.29 is 0 Å². The highest BCUT2D eigenvalue weighted by Gasteiger charge is 2.19. The van der Waals surface area contributed by atoms with Gasteiger partial charge in [0.25, 0.3) is 0 Å². The summed E-state index contributed by atoms with van der Waals surface area (Å²) >= 11 is 0. The summed E-state index contributed by atoms with van der Waals surface area (Å²) in [6.45, 7) is 9.22. The first-order chi connectivity index (χ1) is 8.18. The molecule has 0 spiro atoms. The van der Waals surface area contributed by atoms with Crippen molar-refractivity contribution >= 4 is 5.70 Å². The van der Waals surface area contributed by atoms with Gasteiger partial charge in [-0.15, -0.1) is 0 Å². The van der Waals surface area contributed by atoms with Gasteiger partial charge in [0, 0.05) is 18.8 Å². The van der Waals surface area contributed by atoms with Gasteiger partial charge in [0.05, 0.1) is 0 Å². The average Bonchev–Trinajstić information content (AvgIpc) is 2.33. The Hall–Kier alpha value is -1.24. The lowest BCUT2D eigenvalue weighted by molar-refractivity contribution is 0.267. The molecule has 1 aromatic carbocycles. The highest BCUT2D eigenvalue weighted by molar-refractivity contribution is 5.66. The van der Waals surface area contributed by atoms with Crippen molar-refractivity contribution in [2.45, 2.75) is 33.6 Å². The van der Waals surface area contributed by atoms with Crippen molar-refractivity contribution in [1.29, 1.82) is 0 Å². The van der Waals surface area contributed by atoms with Crippen molar-refractivity contribution in [3.8, 4) is 0 Å². The number of benzene rings is 1. The van der Waals surface area contributed by atoms with Crippen LogP contribution < -0.4 is 0 Å². The normalized spacial score (nSPS) is 17.0. The molecule has 92 valence electrons. The van der Waals surface area contributed by atoms with Gasteiger partial charge in [-0.1, -0.05) is 42.8 Å².